The molecule has 0 aromatic rings. The van der Waals surface area contributed by atoms with Crippen molar-refractivity contribution in [2.24, 2.45) is 5.41 Å². The van der Waals surface area contributed by atoms with Gasteiger partial charge in [-0.05, 0) is 0 Å². The summed E-state index contributed by atoms with van der Waals surface area (Å²) in [5.41, 5.74) is -0.411. The Morgan fingerprint density at radius 1 is 1.80 bits per heavy atom. The van der Waals surface area contributed by atoms with E-state index < -0.39 is 17.5 Å². The van der Waals surface area contributed by atoms with Gasteiger partial charge in [0.2, 0.25) is 0 Å². The smallest absolute Gasteiger partial charge is 0.339 e. The lowest BCUT2D eigenvalue weighted by atomic mass is 9.90. The van der Waals surface area contributed by atoms with Crippen molar-refractivity contribution in [1.29, 1.82) is 0 Å². The molecule has 0 radical (unpaired) electrons. The van der Waals surface area contributed by atoms with Crippen LogP contribution in [0.4, 0.5) is 0 Å². The maximum atomic E-state index is 10.7. The Balaban J connectivity index is 2.73. The first-order valence-corrected chi connectivity index (χ1v) is 3.05. The largest absolute Gasteiger partial charge is 0.463 e. The second kappa shape index (κ2) is 2.21. The van der Waals surface area contributed by atoms with E-state index in [2.05, 4.69) is 9.62 Å². The van der Waals surface area contributed by atoms with Crippen LogP contribution in [0.25, 0.3) is 0 Å². The second-order valence-electron chi connectivity index (χ2n) is 3.08. The van der Waals surface area contributed by atoms with Crippen LogP contribution in [-0.2, 0) is 14.4 Å². The van der Waals surface area contributed by atoms with Gasteiger partial charge in [0.1, 0.15) is 0 Å². The lowest BCUT2D eigenvalue weighted by molar-refractivity contribution is -0.285. The first kappa shape index (κ1) is 7.50. The molecule has 10 heavy (non-hydrogen) atoms. The van der Waals surface area contributed by atoms with Crippen molar-refractivity contribution in [3.63, 3.8) is 0 Å². The van der Waals surface area contributed by atoms with E-state index in [1.54, 1.807) is 13.8 Å². The molecule has 1 saturated heterocycles. The minimum absolute atomic E-state index is 0.303. The predicted molar refractivity (Wildman–Crippen MR) is 32.2 cm³/mol. The van der Waals surface area contributed by atoms with Crippen molar-refractivity contribution in [2.75, 3.05) is 6.61 Å². The van der Waals surface area contributed by atoms with Gasteiger partial charge in [-0.2, -0.15) is 0 Å². The summed E-state index contributed by atoms with van der Waals surface area (Å²) in [6.07, 6.45) is -0.826. The van der Waals surface area contributed by atoms with Crippen LogP contribution in [0.1, 0.15) is 13.8 Å². The maximum absolute atomic E-state index is 10.7. The summed E-state index contributed by atoms with van der Waals surface area (Å²) in [4.78, 5) is 14.7. The summed E-state index contributed by atoms with van der Waals surface area (Å²) in [7, 11) is 0. The molecule has 0 amide bonds. The van der Waals surface area contributed by atoms with E-state index in [9.17, 15) is 4.79 Å². The molecule has 1 aliphatic rings. The zero-order valence-corrected chi connectivity index (χ0v) is 5.96. The zero-order valence-electron chi connectivity index (χ0n) is 5.96. The van der Waals surface area contributed by atoms with Crippen molar-refractivity contribution < 1.29 is 19.7 Å². The van der Waals surface area contributed by atoms with Gasteiger partial charge in [-0.15, -0.1) is 0 Å². The number of cyclic esters (lactones) is 1. The molecule has 0 spiro atoms. The van der Waals surface area contributed by atoms with Crippen LogP contribution in [0, 0.1) is 5.41 Å². The monoisotopic (exact) mass is 146 g/mol. The third-order valence-electron chi connectivity index (χ3n) is 1.62. The molecule has 0 aromatic carbocycles. The average Bonchev–Trinajstić information content (AvgIpc) is 2.07. The van der Waals surface area contributed by atoms with Crippen molar-refractivity contribution in [3.05, 3.63) is 0 Å². The summed E-state index contributed by atoms with van der Waals surface area (Å²) in [5.74, 6) is -0.493. The van der Waals surface area contributed by atoms with Crippen LogP contribution in [-0.4, -0.2) is 23.9 Å². The SMILES string of the molecule is CC1(C)COC(=O)[C@@H]1OO. The number of carbonyl (C=O) groups is 1. The number of carbonyl (C=O) groups excluding carboxylic acids is 1. The van der Waals surface area contributed by atoms with Gasteiger partial charge < -0.3 is 4.74 Å². The molecule has 1 heterocycles. The Labute approximate surface area is 58.7 Å². The van der Waals surface area contributed by atoms with Gasteiger partial charge >= 0.3 is 5.97 Å². The van der Waals surface area contributed by atoms with Crippen LogP contribution in [0.3, 0.4) is 0 Å². The van der Waals surface area contributed by atoms with Crippen molar-refractivity contribution >= 4 is 5.97 Å². The summed E-state index contributed by atoms with van der Waals surface area (Å²) in [6, 6.07) is 0. The van der Waals surface area contributed by atoms with E-state index in [1.165, 1.54) is 0 Å². The van der Waals surface area contributed by atoms with E-state index in [4.69, 9.17) is 5.26 Å². The van der Waals surface area contributed by atoms with Crippen molar-refractivity contribution in [2.45, 2.75) is 20.0 Å². The Bertz CT molecular complexity index is 152. The van der Waals surface area contributed by atoms with E-state index >= 15 is 0 Å². The molecule has 0 aromatic heterocycles. The molecule has 58 valence electrons. The summed E-state index contributed by atoms with van der Waals surface area (Å²) in [5, 5.41) is 8.27. The molecule has 0 unspecified atom stereocenters. The van der Waals surface area contributed by atoms with Gasteiger partial charge in [0.05, 0.1) is 6.61 Å². The standard InChI is InChI=1S/C6H10O4/c1-6(2)3-9-5(7)4(6)10-8/h4,8H,3H2,1-2H3/t4-/m0/s1. The van der Waals surface area contributed by atoms with Crippen LogP contribution in [0.2, 0.25) is 0 Å². The lowest BCUT2D eigenvalue weighted by Gasteiger charge is -2.17. The van der Waals surface area contributed by atoms with Crippen LogP contribution < -0.4 is 0 Å². The van der Waals surface area contributed by atoms with Crippen LogP contribution >= 0.6 is 0 Å². The Hall–Kier alpha value is -0.610. The van der Waals surface area contributed by atoms with Crippen LogP contribution in [0.5, 0.6) is 0 Å². The number of hydrogen-bond acceptors (Lipinski definition) is 4. The molecular weight excluding hydrogens is 136 g/mol. The van der Waals surface area contributed by atoms with Gasteiger partial charge in [-0.25, -0.2) is 9.68 Å². The maximum Gasteiger partial charge on any atom is 0.339 e. The highest BCUT2D eigenvalue weighted by atomic mass is 17.1. The van der Waals surface area contributed by atoms with Gasteiger partial charge in [0, 0.05) is 5.41 Å². The predicted octanol–water partition coefficient (Wildman–Crippen LogP) is 0.428. The van der Waals surface area contributed by atoms with Gasteiger partial charge in [-0.3, -0.25) is 5.26 Å². The molecule has 1 rings (SSSR count). The summed E-state index contributed by atoms with van der Waals surface area (Å²) < 4.78 is 4.65. The lowest BCUT2D eigenvalue weighted by Crippen LogP contribution is -2.31. The topological polar surface area (TPSA) is 55.8 Å². The first-order valence-electron chi connectivity index (χ1n) is 3.05. The van der Waals surface area contributed by atoms with Crippen molar-refractivity contribution in [1.82, 2.24) is 0 Å². The number of rotatable bonds is 1. The highest BCUT2D eigenvalue weighted by Crippen LogP contribution is 2.29. The first-order chi connectivity index (χ1) is 4.58. The molecule has 1 N–H and O–H groups in total. The molecule has 4 heteroatoms. The summed E-state index contributed by atoms with van der Waals surface area (Å²) in [6.45, 7) is 3.88. The quantitative estimate of drug-likeness (QED) is 0.331. The van der Waals surface area contributed by atoms with E-state index in [0.717, 1.165) is 0 Å². The molecule has 4 nitrogen and oxygen atoms in total. The third-order valence-corrected chi connectivity index (χ3v) is 1.62. The molecular formula is C6H10O4. The number of esters is 1. The molecule has 1 fully saturated rings. The highest BCUT2D eigenvalue weighted by molar-refractivity contribution is 5.77. The van der Waals surface area contributed by atoms with Crippen LogP contribution in [0.15, 0.2) is 0 Å². The van der Waals surface area contributed by atoms with E-state index in [0.29, 0.717) is 6.61 Å². The van der Waals surface area contributed by atoms with Gasteiger partial charge in [-0.1, -0.05) is 13.8 Å². The number of hydrogen-bond donors (Lipinski definition) is 1. The van der Waals surface area contributed by atoms with Gasteiger partial charge in [0.25, 0.3) is 0 Å². The Morgan fingerprint density at radius 2 is 2.40 bits per heavy atom. The molecule has 0 aliphatic carbocycles. The second-order valence-corrected chi connectivity index (χ2v) is 3.08. The summed E-state index contributed by atoms with van der Waals surface area (Å²) >= 11 is 0. The minimum Gasteiger partial charge on any atom is -0.463 e. The Kier molecular flexibility index (Phi) is 1.66. The molecule has 0 saturated carbocycles. The zero-order chi connectivity index (χ0) is 7.78. The third kappa shape index (κ3) is 0.998. The molecule has 1 aliphatic heterocycles. The fraction of sp³-hybridized carbons (Fsp3) is 0.833. The number of ether oxygens (including phenoxy) is 1. The van der Waals surface area contributed by atoms with E-state index in [-0.39, 0.29) is 0 Å². The normalized spacial score (nSPS) is 30.3. The van der Waals surface area contributed by atoms with Crippen molar-refractivity contribution in [3.8, 4) is 0 Å². The highest BCUT2D eigenvalue weighted by Gasteiger charge is 2.45. The minimum atomic E-state index is -0.826. The van der Waals surface area contributed by atoms with E-state index in [1.807, 2.05) is 0 Å². The fourth-order valence-electron chi connectivity index (χ4n) is 0.913. The Morgan fingerprint density at radius 3 is 2.60 bits per heavy atom. The molecule has 0 bridgehead atoms. The fourth-order valence-corrected chi connectivity index (χ4v) is 0.913. The average molecular weight is 146 g/mol. The molecule has 1 atom stereocenters. The van der Waals surface area contributed by atoms with Gasteiger partial charge in [0.15, 0.2) is 6.10 Å².